The Morgan fingerprint density at radius 2 is 2.36 bits per heavy atom. The fourth-order valence-corrected chi connectivity index (χ4v) is 1.04. The van der Waals surface area contributed by atoms with Gasteiger partial charge in [0, 0.05) is 18.8 Å². The van der Waals surface area contributed by atoms with Crippen molar-refractivity contribution in [3.05, 3.63) is 24.0 Å². The van der Waals surface area contributed by atoms with E-state index in [9.17, 15) is 4.79 Å². The van der Waals surface area contributed by atoms with Gasteiger partial charge in [0.1, 0.15) is 5.69 Å². The molecule has 3 nitrogen and oxygen atoms in total. The zero-order valence-corrected chi connectivity index (χ0v) is 5.82. The van der Waals surface area contributed by atoms with Gasteiger partial charge in [0.15, 0.2) is 5.78 Å². The smallest absolute Gasteiger partial charge is 0.188 e. The number of fused-ring (bicyclic) bond motifs is 1. The van der Waals surface area contributed by atoms with E-state index in [1.54, 1.807) is 24.5 Å². The molecule has 11 heavy (non-hydrogen) atoms. The summed E-state index contributed by atoms with van der Waals surface area (Å²) >= 11 is 0. The molecule has 0 saturated carbocycles. The zero-order valence-electron chi connectivity index (χ0n) is 5.82. The van der Waals surface area contributed by atoms with Crippen LogP contribution in [0, 0.1) is 0 Å². The summed E-state index contributed by atoms with van der Waals surface area (Å²) in [6, 6.07) is 3.56. The molecule has 0 aromatic carbocycles. The fourth-order valence-electron chi connectivity index (χ4n) is 1.04. The fraction of sp³-hybridized carbons (Fsp3) is 0.125. The van der Waals surface area contributed by atoms with E-state index in [1.165, 1.54) is 0 Å². The third-order valence-corrected chi connectivity index (χ3v) is 1.56. The Bertz CT molecular complexity index is 331. The van der Waals surface area contributed by atoms with Gasteiger partial charge in [-0.15, -0.1) is 0 Å². The molecule has 0 saturated heterocycles. The number of aliphatic imine (C=N–C) groups is 1. The topological polar surface area (TPSA) is 42.3 Å². The number of ketones is 1. The minimum absolute atomic E-state index is 0.0515. The third-order valence-electron chi connectivity index (χ3n) is 1.56. The van der Waals surface area contributed by atoms with E-state index in [0.29, 0.717) is 17.8 Å². The van der Waals surface area contributed by atoms with Crippen molar-refractivity contribution in [1.82, 2.24) is 4.98 Å². The first-order valence-corrected chi connectivity index (χ1v) is 3.38. The van der Waals surface area contributed by atoms with Gasteiger partial charge in [-0.3, -0.25) is 14.8 Å². The Morgan fingerprint density at radius 1 is 1.45 bits per heavy atom. The van der Waals surface area contributed by atoms with E-state index >= 15 is 0 Å². The van der Waals surface area contributed by atoms with Crippen molar-refractivity contribution >= 4 is 17.7 Å². The molecular formula is C8H6N2O. The molecule has 0 aliphatic carbocycles. The molecule has 54 valence electrons. The predicted molar refractivity (Wildman–Crippen MR) is 41.3 cm³/mol. The maximum atomic E-state index is 11.1. The molecule has 0 unspecified atom stereocenters. The van der Waals surface area contributed by atoms with Gasteiger partial charge in [-0.1, -0.05) is 0 Å². The van der Waals surface area contributed by atoms with Gasteiger partial charge < -0.3 is 0 Å². The molecule has 2 heterocycles. The minimum Gasteiger partial charge on any atom is -0.292 e. The minimum atomic E-state index is 0.0515. The first kappa shape index (κ1) is 6.22. The maximum absolute atomic E-state index is 11.1. The number of hydrogen-bond donors (Lipinski definition) is 0. The standard InChI is InChI=1S/C8H6N2O/c11-7-3-5-9-6-2-1-4-10-8(6)7/h1-2,4-5H,3H2. The van der Waals surface area contributed by atoms with Crippen molar-refractivity contribution in [1.29, 1.82) is 0 Å². The van der Waals surface area contributed by atoms with Crippen LogP contribution >= 0.6 is 0 Å². The second kappa shape index (κ2) is 2.27. The molecule has 0 N–H and O–H groups in total. The van der Waals surface area contributed by atoms with Crippen LogP contribution in [0.1, 0.15) is 16.9 Å². The van der Waals surface area contributed by atoms with Crippen molar-refractivity contribution < 1.29 is 4.79 Å². The van der Waals surface area contributed by atoms with E-state index in [4.69, 9.17) is 0 Å². The lowest BCUT2D eigenvalue weighted by atomic mass is 10.1. The number of carbonyl (C=O) groups excluding carboxylic acids is 1. The Kier molecular flexibility index (Phi) is 1.28. The Morgan fingerprint density at radius 3 is 3.18 bits per heavy atom. The number of Topliss-reactive ketones (excluding diaryl/α,β-unsaturated/α-hetero) is 1. The molecule has 1 aliphatic heterocycles. The summed E-state index contributed by atoms with van der Waals surface area (Å²) in [5.41, 5.74) is 1.18. The second-order valence-electron chi connectivity index (χ2n) is 2.31. The quantitative estimate of drug-likeness (QED) is 0.554. The highest BCUT2D eigenvalue weighted by Crippen LogP contribution is 2.20. The highest BCUT2D eigenvalue weighted by atomic mass is 16.1. The van der Waals surface area contributed by atoms with Crippen LogP contribution in [0.3, 0.4) is 0 Å². The lowest BCUT2D eigenvalue weighted by Crippen LogP contribution is -2.06. The van der Waals surface area contributed by atoms with Gasteiger partial charge in [0.2, 0.25) is 0 Å². The van der Waals surface area contributed by atoms with Crippen molar-refractivity contribution in [2.45, 2.75) is 6.42 Å². The van der Waals surface area contributed by atoms with Gasteiger partial charge in [-0.25, -0.2) is 0 Å². The molecule has 0 bridgehead atoms. The first-order valence-electron chi connectivity index (χ1n) is 3.38. The van der Waals surface area contributed by atoms with Crippen molar-refractivity contribution in [3.63, 3.8) is 0 Å². The second-order valence-corrected chi connectivity index (χ2v) is 2.31. The number of hydrogen-bond acceptors (Lipinski definition) is 3. The molecule has 2 rings (SSSR count). The number of pyridine rings is 1. The van der Waals surface area contributed by atoms with E-state index in [2.05, 4.69) is 9.98 Å². The van der Waals surface area contributed by atoms with Gasteiger partial charge in [0.05, 0.1) is 5.69 Å². The molecule has 1 aromatic rings. The lowest BCUT2D eigenvalue weighted by molar-refractivity contribution is 0.0996. The van der Waals surface area contributed by atoms with Crippen LogP contribution in [-0.4, -0.2) is 17.0 Å². The van der Waals surface area contributed by atoms with E-state index in [0.717, 1.165) is 0 Å². The van der Waals surface area contributed by atoms with Crippen molar-refractivity contribution in [2.24, 2.45) is 4.99 Å². The van der Waals surface area contributed by atoms with Crippen LogP contribution < -0.4 is 0 Å². The molecule has 1 aromatic heterocycles. The van der Waals surface area contributed by atoms with Gasteiger partial charge in [0.25, 0.3) is 0 Å². The van der Waals surface area contributed by atoms with Crippen LogP contribution in [0.15, 0.2) is 23.3 Å². The Balaban J connectivity index is 2.63. The summed E-state index contributed by atoms with van der Waals surface area (Å²) in [7, 11) is 0. The monoisotopic (exact) mass is 146 g/mol. The Hall–Kier alpha value is -1.51. The summed E-state index contributed by atoms with van der Waals surface area (Å²) in [6.07, 6.45) is 3.61. The molecule has 3 heteroatoms. The highest BCUT2D eigenvalue weighted by molar-refractivity contribution is 6.08. The summed E-state index contributed by atoms with van der Waals surface area (Å²) in [5, 5.41) is 0. The summed E-state index contributed by atoms with van der Waals surface area (Å²) in [5.74, 6) is 0.0515. The normalized spacial score (nSPS) is 14.7. The van der Waals surface area contributed by atoms with E-state index in [-0.39, 0.29) is 5.78 Å². The highest BCUT2D eigenvalue weighted by Gasteiger charge is 2.13. The van der Waals surface area contributed by atoms with Crippen molar-refractivity contribution in [3.8, 4) is 0 Å². The average Bonchev–Trinajstić information content (AvgIpc) is 2.06. The maximum Gasteiger partial charge on any atom is 0.188 e. The summed E-state index contributed by atoms with van der Waals surface area (Å²) in [6.45, 7) is 0. The van der Waals surface area contributed by atoms with E-state index in [1.807, 2.05) is 0 Å². The number of rotatable bonds is 0. The molecular weight excluding hydrogens is 140 g/mol. The summed E-state index contributed by atoms with van der Waals surface area (Å²) < 4.78 is 0. The lowest BCUT2D eigenvalue weighted by Gasteiger charge is -2.04. The number of carbonyl (C=O) groups is 1. The number of nitrogens with zero attached hydrogens (tertiary/aromatic N) is 2. The molecule has 0 atom stereocenters. The van der Waals surface area contributed by atoms with Gasteiger partial charge in [-0.2, -0.15) is 0 Å². The van der Waals surface area contributed by atoms with Crippen molar-refractivity contribution in [2.75, 3.05) is 0 Å². The van der Waals surface area contributed by atoms with Crippen LogP contribution in [0.25, 0.3) is 0 Å². The molecule has 0 radical (unpaired) electrons. The molecule has 0 amide bonds. The van der Waals surface area contributed by atoms with E-state index < -0.39 is 0 Å². The third kappa shape index (κ3) is 0.941. The molecule has 0 spiro atoms. The SMILES string of the molecule is O=C1CC=Nc2cccnc21. The predicted octanol–water partition coefficient (Wildman–Crippen LogP) is 1.37. The van der Waals surface area contributed by atoms with Gasteiger partial charge in [-0.05, 0) is 12.1 Å². The van der Waals surface area contributed by atoms with Crippen LogP contribution in [-0.2, 0) is 0 Å². The Labute approximate surface area is 63.8 Å². The molecule has 1 aliphatic rings. The average molecular weight is 146 g/mol. The first-order chi connectivity index (χ1) is 5.38. The van der Waals surface area contributed by atoms with Crippen LogP contribution in [0.4, 0.5) is 5.69 Å². The largest absolute Gasteiger partial charge is 0.292 e. The summed E-state index contributed by atoms with van der Waals surface area (Å²) in [4.78, 5) is 19.1. The zero-order chi connectivity index (χ0) is 7.68. The molecule has 0 fully saturated rings. The van der Waals surface area contributed by atoms with Gasteiger partial charge >= 0.3 is 0 Å². The van der Waals surface area contributed by atoms with Crippen LogP contribution in [0.5, 0.6) is 0 Å². The van der Waals surface area contributed by atoms with Crippen LogP contribution in [0.2, 0.25) is 0 Å². The number of aromatic nitrogens is 1.